The number of amides is 2. The van der Waals surface area contributed by atoms with Crippen molar-refractivity contribution in [3.05, 3.63) is 29.6 Å². The molecule has 1 aliphatic heterocycles. The minimum absolute atomic E-state index is 0.0212. The lowest BCUT2D eigenvalue weighted by molar-refractivity contribution is 0.170. The molecule has 1 aromatic rings. The van der Waals surface area contributed by atoms with Crippen molar-refractivity contribution in [2.24, 2.45) is 5.92 Å². The summed E-state index contributed by atoms with van der Waals surface area (Å²) in [6.45, 7) is 4.24. The van der Waals surface area contributed by atoms with Crippen molar-refractivity contribution in [1.29, 1.82) is 0 Å². The molecule has 0 radical (unpaired) electrons. The number of likely N-dealkylation sites (tertiary alicyclic amines) is 1. The fourth-order valence-electron chi connectivity index (χ4n) is 2.83. The normalized spacial score (nSPS) is 15.7. The zero-order chi connectivity index (χ0) is 15.9. The summed E-state index contributed by atoms with van der Waals surface area (Å²) in [4.78, 5) is 13.8. The van der Waals surface area contributed by atoms with E-state index in [0.29, 0.717) is 30.2 Å². The predicted molar refractivity (Wildman–Crippen MR) is 84.6 cm³/mol. The highest BCUT2D eigenvalue weighted by atomic mass is 19.1. The van der Waals surface area contributed by atoms with Gasteiger partial charge in [-0.25, -0.2) is 9.18 Å². The number of hydrogen-bond acceptors (Lipinski definition) is 2. The zero-order valence-electron chi connectivity index (χ0n) is 13.4. The van der Waals surface area contributed by atoms with Gasteiger partial charge < -0.3 is 15.0 Å². The van der Waals surface area contributed by atoms with Crippen LogP contribution in [0.1, 0.15) is 31.7 Å². The first-order chi connectivity index (χ1) is 10.6. The van der Waals surface area contributed by atoms with Crippen molar-refractivity contribution in [3.8, 4) is 5.75 Å². The Morgan fingerprint density at radius 2 is 2.14 bits per heavy atom. The van der Waals surface area contributed by atoms with Gasteiger partial charge in [0.2, 0.25) is 0 Å². The highest BCUT2D eigenvalue weighted by Gasteiger charge is 2.23. The Kier molecular flexibility index (Phi) is 6.04. The molecular weight excluding hydrogens is 283 g/mol. The SMILES string of the molecule is CCCNC(=O)N1CCC(Cc2cc(OC)ccc2F)CC1. The van der Waals surface area contributed by atoms with E-state index in [1.165, 1.54) is 6.07 Å². The lowest BCUT2D eigenvalue weighted by atomic mass is 9.90. The molecule has 0 aliphatic carbocycles. The molecule has 0 bridgehead atoms. The molecule has 1 aromatic carbocycles. The first-order valence-corrected chi connectivity index (χ1v) is 7.99. The number of benzene rings is 1. The number of halogens is 1. The molecule has 1 heterocycles. The Balaban J connectivity index is 1.86. The van der Waals surface area contributed by atoms with Crippen LogP contribution < -0.4 is 10.1 Å². The molecule has 2 rings (SSSR count). The lowest BCUT2D eigenvalue weighted by Gasteiger charge is -2.32. The number of carbonyl (C=O) groups is 1. The molecule has 4 nitrogen and oxygen atoms in total. The number of piperidine rings is 1. The maximum atomic E-state index is 13.9. The van der Waals surface area contributed by atoms with Crippen LogP contribution in [0.3, 0.4) is 0 Å². The molecule has 0 saturated carbocycles. The molecule has 1 N–H and O–H groups in total. The lowest BCUT2D eigenvalue weighted by Crippen LogP contribution is -2.44. The number of methoxy groups -OCH3 is 1. The van der Waals surface area contributed by atoms with Crippen LogP contribution >= 0.6 is 0 Å². The van der Waals surface area contributed by atoms with E-state index >= 15 is 0 Å². The topological polar surface area (TPSA) is 41.6 Å². The standard InChI is InChI=1S/C17H25FN2O2/c1-3-8-19-17(21)20-9-6-13(7-10-20)11-14-12-15(22-2)4-5-16(14)18/h4-5,12-13H,3,6-11H2,1-2H3,(H,19,21). The van der Waals surface area contributed by atoms with Gasteiger partial charge in [-0.3, -0.25) is 0 Å². The molecule has 0 atom stereocenters. The third-order valence-electron chi connectivity index (χ3n) is 4.19. The van der Waals surface area contributed by atoms with Crippen LogP contribution in [-0.4, -0.2) is 37.7 Å². The van der Waals surface area contributed by atoms with E-state index in [9.17, 15) is 9.18 Å². The van der Waals surface area contributed by atoms with E-state index in [2.05, 4.69) is 5.32 Å². The molecule has 0 unspecified atom stereocenters. The number of rotatable bonds is 5. The van der Waals surface area contributed by atoms with Gasteiger partial charge in [-0.2, -0.15) is 0 Å². The number of nitrogens with zero attached hydrogens (tertiary/aromatic N) is 1. The van der Waals surface area contributed by atoms with Gasteiger partial charge in [0.1, 0.15) is 11.6 Å². The largest absolute Gasteiger partial charge is 0.497 e. The van der Waals surface area contributed by atoms with Crippen LogP contribution in [0.4, 0.5) is 9.18 Å². The zero-order valence-corrected chi connectivity index (χ0v) is 13.4. The van der Waals surface area contributed by atoms with Crippen molar-refractivity contribution >= 4 is 6.03 Å². The van der Waals surface area contributed by atoms with Crippen LogP contribution in [0.15, 0.2) is 18.2 Å². The highest BCUT2D eigenvalue weighted by molar-refractivity contribution is 5.74. The van der Waals surface area contributed by atoms with E-state index in [4.69, 9.17) is 4.74 Å². The first-order valence-electron chi connectivity index (χ1n) is 7.99. The van der Waals surface area contributed by atoms with Crippen LogP contribution in [0.5, 0.6) is 5.75 Å². The van der Waals surface area contributed by atoms with Crippen LogP contribution in [0, 0.1) is 11.7 Å². The number of ether oxygens (including phenoxy) is 1. The van der Waals surface area contributed by atoms with Gasteiger partial charge in [0.25, 0.3) is 0 Å². The van der Waals surface area contributed by atoms with Gasteiger partial charge in [0.15, 0.2) is 0 Å². The van der Waals surface area contributed by atoms with Gasteiger partial charge in [-0.05, 0) is 55.4 Å². The summed E-state index contributed by atoms with van der Waals surface area (Å²) in [5, 5.41) is 2.90. The number of carbonyl (C=O) groups excluding carboxylic acids is 1. The fourth-order valence-corrected chi connectivity index (χ4v) is 2.83. The van der Waals surface area contributed by atoms with Gasteiger partial charge in [0.05, 0.1) is 7.11 Å². The Bertz CT molecular complexity index is 499. The molecule has 1 aliphatic rings. The minimum Gasteiger partial charge on any atom is -0.497 e. The summed E-state index contributed by atoms with van der Waals surface area (Å²) >= 11 is 0. The molecule has 1 saturated heterocycles. The summed E-state index contributed by atoms with van der Waals surface area (Å²) in [6.07, 6.45) is 3.47. The van der Waals surface area contributed by atoms with Crippen molar-refractivity contribution in [3.63, 3.8) is 0 Å². The summed E-state index contributed by atoms with van der Waals surface area (Å²) < 4.78 is 19.0. The van der Waals surface area contributed by atoms with Crippen molar-refractivity contribution in [2.75, 3.05) is 26.7 Å². The number of urea groups is 1. The third-order valence-corrected chi connectivity index (χ3v) is 4.19. The predicted octanol–water partition coefficient (Wildman–Crippen LogP) is 3.21. The van der Waals surface area contributed by atoms with E-state index < -0.39 is 0 Å². The maximum absolute atomic E-state index is 13.9. The number of nitrogens with one attached hydrogen (secondary N) is 1. The van der Waals surface area contributed by atoms with Crippen molar-refractivity contribution in [2.45, 2.75) is 32.6 Å². The molecule has 0 spiro atoms. The van der Waals surface area contributed by atoms with Gasteiger partial charge >= 0.3 is 6.03 Å². The van der Waals surface area contributed by atoms with E-state index in [-0.39, 0.29) is 11.8 Å². The van der Waals surface area contributed by atoms with E-state index in [1.807, 2.05) is 11.8 Å². The van der Waals surface area contributed by atoms with Crippen molar-refractivity contribution < 1.29 is 13.9 Å². The quantitative estimate of drug-likeness (QED) is 0.907. The Morgan fingerprint density at radius 3 is 2.77 bits per heavy atom. The van der Waals surface area contributed by atoms with Crippen molar-refractivity contribution in [1.82, 2.24) is 10.2 Å². The molecule has 22 heavy (non-hydrogen) atoms. The molecular formula is C17H25FN2O2. The summed E-state index contributed by atoms with van der Waals surface area (Å²) in [5.74, 6) is 0.925. The second-order valence-corrected chi connectivity index (χ2v) is 5.82. The average Bonchev–Trinajstić information content (AvgIpc) is 2.55. The van der Waals surface area contributed by atoms with E-state index in [1.54, 1.807) is 19.2 Å². The highest BCUT2D eigenvalue weighted by Crippen LogP contribution is 2.25. The molecule has 2 amide bonds. The monoisotopic (exact) mass is 308 g/mol. The molecule has 5 heteroatoms. The van der Waals surface area contributed by atoms with Crippen LogP contribution in [0.2, 0.25) is 0 Å². The first kappa shape index (κ1) is 16.6. The van der Waals surface area contributed by atoms with E-state index in [0.717, 1.165) is 32.4 Å². The maximum Gasteiger partial charge on any atom is 0.317 e. The molecule has 0 aromatic heterocycles. The van der Waals surface area contributed by atoms with Gasteiger partial charge in [-0.15, -0.1) is 0 Å². The average molecular weight is 308 g/mol. The Morgan fingerprint density at radius 1 is 1.41 bits per heavy atom. The second-order valence-electron chi connectivity index (χ2n) is 5.82. The third kappa shape index (κ3) is 4.36. The van der Waals surface area contributed by atoms with Gasteiger partial charge in [-0.1, -0.05) is 6.92 Å². The second kappa shape index (κ2) is 8.01. The summed E-state index contributed by atoms with van der Waals surface area (Å²) in [7, 11) is 1.59. The minimum atomic E-state index is -0.177. The summed E-state index contributed by atoms with van der Waals surface area (Å²) in [5.41, 5.74) is 0.702. The Hall–Kier alpha value is -1.78. The van der Waals surface area contributed by atoms with Crippen LogP contribution in [0.25, 0.3) is 0 Å². The summed E-state index contributed by atoms with van der Waals surface area (Å²) in [6, 6.07) is 4.89. The Labute approximate surface area is 131 Å². The van der Waals surface area contributed by atoms with Gasteiger partial charge in [0, 0.05) is 19.6 Å². The number of hydrogen-bond donors (Lipinski definition) is 1. The van der Waals surface area contributed by atoms with Crippen LogP contribution in [-0.2, 0) is 6.42 Å². The molecule has 122 valence electrons. The molecule has 1 fully saturated rings. The fraction of sp³-hybridized carbons (Fsp3) is 0.588. The smallest absolute Gasteiger partial charge is 0.317 e.